The van der Waals surface area contributed by atoms with Gasteiger partial charge in [0.2, 0.25) is 0 Å². The van der Waals surface area contributed by atoms with Crippen LogP contribution in [0.2, 0.25) is 0 Å². The fourth-order valence-corrected chi connectivity index (χ4v) is 1.21. The summed E-state index contributed by atoms with van der Waals surface area (Å²) < 4.78 is 10.1. The van der Waals surface area contributed by atoms with Crippen molar-refractivity contribution in [1.29, 1.82) is 0 Å². The van der Waals surface area contributed by atoms with E-state index in [1.807, 2.05) is 0 Å². The van der Waals surface area contributed by atoms with Crippen LogP contribution in [0.4, 0.5) is 0 Å². The number of rotatable bonds is 7. The topological polar surface area (TPSA) is 18.5 Å². The van der Waals surface area contributed by atoms with E-state index in [4.69, 9.17) is 21.1 Å². The molecule has 0 unspecified atom stereocenters. The first-order valence-electron chi connectivity index (χ1n) is 3.89. The molecule has 0 heterocycles. The van der Waals surface area contributed by atoms with E-state index in [-0.39, 0.29) is 0 Å². The highest BCUT2D eigenvalue weighted by Crippen LogP contribution is 2.07. The molecule has 0 amide bonds. The van der Waals surface area contributed by atoms with Crippen LogP contribution in [-0.4, -0.2) is 33.3 Å². The quantitative estimate of drug-likeness (QED) is 0.558. The summed E-state index contributed by atoms with van der Waals surface area (Å²) in [5.41, 5.74) is 0. The lowest BCUT2D eigenvalue weighted by Gasteiger charge is -2.13. The molecule has 3 heteroatoms. The molecule has 0 aromatic carbocycles. The fourth-order valence-electron chi connectivity index (χ4n) is 1.05. The molecule has 0 radical (unpaired) electrons. The van der Waals surface area contributed by atoms with Crippen molar-refractivity contribution >= 4 is 11.6 Å². The lowest BCUT2D eigenvalue weighted by atomic mass is 10.1. The normalized spacial score (nSPS) is 10.9. The Morgan fingerprint density at radius 3 is 2.09 bits per heavy atom. The van der Waals surface area contributed by atoms with Crippen molar-refractivity contribution in [3.05, 3.63) is 0 Å². The molecule has 68 valence electrons. The highest BCUT2D eigenvalue weighted by atomic mass is 35.5. The van der Waals surface area contributed by atoms with Crippen molar-refractivity contribution in [2.75, 3.05) is 33.3 Å². The highest BCUT2D eigenvalue weighted by molar-refractivity contribution is 6.17. The molecular formula is C8H17ClO2. The number of alkyl halides is 1. The van der Waals surface area contributed by atoms with E-state index >= 15 is 0 Å². The van der Waals surface area contributed by atoms with E-state index in [9.17, 15) is 0 Å². The summed E-state index contributed by atoms with van der Waals surface area (Å²) in [5.74, 6) is 1.23. The van der Waals surface area contributed by atoms with Crippen molar-refractivity contribution in [3.63, 3.8) is 0 Å². The number of hydrogen-bond donors (Lipinski definition) is 0. The van der Waals surface area contributed by atoms with Crippen molar-refractivity contribution in [2.45, 2.75) is 12.8 Å². The van der Waals surface area contributed by atoms with E-state index in [0.717, 1.165) is 31.9 Å². The zero-order chi connectivity index (χ0) is 8.53. The molecule has 0 N–H and O–H groups in total. The second-order valence-electron chi connectivity index (χ2n) is 2.61. The van der Waals surface area contributed by atoms with E-state index in [1.54, 1.807) is 14.2 Å². The largest absolute Gasteiger partial charge is 0.384 e. The van der Waals surface area contributed by atoms with E-state index < -0.39 is 0 Å². The number of methoxy groups -OCH3 is 2. The van der Waals surface area contributed by atoms with Gasteiger partial charge in [0.05, 0.1) is 13.2 Å². The Balaban J connectivity index is 3.34. The third kappa shape index (κ3) is 6.60. The van der Waals surface area contributed by atoms with Crippen LogP contribution >= 0.6 is 11.6 Å². The van der Waals surface area contributed by atoms with Gasteiger partial charge in [-0.2, -0.15) is 0 Å². The first-order valence-corrected chi connectivity index (χ1v) is 4.42. The van der Waals surface area contributed by atoms with Gasteiger partial charge in [-0.05, 0) is 12.8 Å². The molecule has 0 aliphatic heterocycles. The third-order valence-electron chi connectivity index (χ3n) is 1.55. The van der Waals surface area contributed by atoms with E-state index in [0.29, 0.717) is 5.92 Å². The van der Waals surface area contributed by atoms with Crippen LogP contribution < -0.4 is 0 Å². The van der Waals surface area contributed by atoms with Crippen LogP contribution in [0.25, 0.3) is 0 Å². The SMILES string of the molecule is COCC(CCCCl)COC. The first kappa shape index (κ1) is 11.2. The number of ether oxygens (including phenoxy) is 2. The third-order valence-corrected chi connectivity index (χ3v) is 1.82. The monoisotopic (exact) mass is 180 g/mol. The van der Waals surface area contributed by atoms with Gasteiger partial charge in [-0.1, -0.05) is 0 Å². The molecule has 0 saturated heterocycles. The average molecular weight is 181 g/mol. The molecule has 0 aliphatic carbocycles. The van der Waals surface area contributed by atoms with Crippen molar-refractivity contribution in [2.24, 2.45) is 5.92 Å². The van der Waals surface area contributed by atoms with Gasteiger partial charge in [-0.3, -0.25) is 0 Å². The fraction of sp³-hybridized carbons (Fsp3) is 1.00. The second-order valence-corrected chi connectivity index (χ2v) is 2.99. The number of halogens is 1. The Morgan fingerprint density at radius 2 is 1.73 bits per heavy atom. The molecule has 0 aliphatic rings. The zero-order valence-electron chi connectivity index (χ0n) is 7.31. The summed E-state index contributed by atoms with van der Waals surface area (Å²) in [6.45, 7) is 1.54. The Morgan fingerprint density at radius 1 is 1.18 bits per heavy atom. The van der Waals surface area contributed by atoms with Gasteiger partial charge >= 0.3 is 0 Å². The summed E-state index contributed by atoms with van der Waals surface area (Å²) in [4.78, 5) is 0. The number of hydrogen-bond acceptors (Lipinski definition) is 2. The maximum Gasteiger partial charge on any atom is 0.0512 e. The van der Waals surface area contributed by atoms with Gasteiger partial charge in [0.15, 0.2) is 0 Å². The molecule has 2 nitrogen and oxygen atoms in total. The Labute approximate surface area is 73.8 Å². The van der Waals surface area contributed by atoms with Crippen LogP contribution in [-0.2, 0) is 9.47 Å². The molecule has 0 aromatic heterocycles. The maximum absolute atomic E-state index is 5.56. The van der Waals surface area contributed by atoms with Crippen LogP contribution in [0.15, 0.2) is 0 Å². The van der Waals surface area contributed by atoms with Gasteiger partial charge in [-0.15, -0.1) is 11.6 Å². The summed E-state index contributed by atoms with van der Waals surface area (Å²) in [6, 6.07) is 0. The van der Waals surface area contributed by atoms with Gasteiger partial charge in [0.25, 0.3) is 0 Å². The van der Waals surface area contributed by atoms with Crippen LogP contribution in [0, 0.1) is 5.92 Å². The second kappa shape index (κ2) is 8.31. The Hall–Kier alpha value is 0.210. The molecular weight excluding hydrogens is 164 g/mol. The van der Waals surface area contributed by atoms with Crippen molar-refractivity contribution < 1.29 is 9.47 Å². The molecule has 0 spiro atoms. The van der Waals surface area contributed by atoms with Gasteiger partial charge in [0.1, 0.15) is 0 Å². The molecule has 0 atom stereocenters. The molecule has 0 rings (SSSR count). The van der Waals surface area contributed by atoms with Crippen LogP contribution in [0.5, 0.6) is 0 Å². The Bertz CT molecular complexity index is 72.5. The predicted molar refractivity (Wildman–Crippen MR) is 47.2 cm³/mol. The molecule has 0 fully saturated rings. The van der Waals surface area contributed by atoms with Crippen LogP contribution in [0.3, 0.4) is 0 Å². The summed E-state index contributed by atoms with van der Waals surface area (Å²) in [6.07, 6.45) is 2.13. The van der Waals surface area contributed by atoms with E-state index in [1.165, 1.54) is 0 Å². The molecule has 0 bridgehead atoms. The van der Waals surface area contributed by atoms with E-state index in [2.05, 4.69) is 0 Å². The summed E-state index contributed by atoms with van der Waals surface area (Å²) >= 11 is 5.56. The van der Waals surface area contributed by atoms with Crippen LogP contribution in [0.1, 0.15) is 12.8 Å². The lowest BCUT2D eigenvalue weighted by Crippen LogP contribution is -2.14. The summed E-state index contributed by atoms with van der Waals surface area (Å²) in [7, 11) is 3.42. The smallest absolute Gasteiger partial charge is 0.0512 e. The summed E-state index contributed by atoms with van der Waals surface area (Å²) in [5, 5.41) is 0. The highest BCUT2D eigenvalue weighted by Gasteiger charge is 2.06. The minimum absolute atomic E-state index is 0.503. The molecule has 11 heavy (non-hydrogen) atoms. The lowest BCUT2D eigenvalue weighted by molar-refractivity contribution is 0.0803. The molecule has 0 saturated carbocycles. The maximum atomic E-state index is 5.56. The van der Waals surface area contributed by atoms with Crippen molar-refractivity contribution in [1.82, 2.24) is 0 Å². The minimum Gasteiger partial charge on any atom is -0.384 e. The standard InChI is InChI=1S/C8H17ClO2/c1-10-6-8(7-11-2)4-3-5-9/h8H,3-7H2,1-2H3. The average Bonchev–Trinajstić information content (AvgIpc) is 2.01. The predicted octanol–water partition coefficient (Wildman–Crippen LogP) is 1.91. The van der Waals surface area contributed by atoms with Gasteiger partial charge in [-0.25, -0.2) is 0 Å². The van der Waals surface area contributed by atoms with Gasteiger partial charge in [0, 0.05) is 26.0 Å². The first-order chi connectivity index (χ1) is 5.35. The Kier molecular flexibility index (Phi) is 8.47. The zero-order valence-corrected chi connectivity index (χ0v) is 8.06. The van der Waals surface area contributed by atoms with Crippen molar-refractivity contribution in [3.8, 4) is 0 Å². The minimum atomic E-state index is 0.503. The van der Waals surface area contributed by atoms with Gasteiger partial charge < -0.3 is 9.47 Å². The molecule has 0 aromatic rings.